The molecule has 2 unspecified atom stereocenters. The monoisotopic (exact) mass is 288 g/mol. The van der Waals surface area contributed by atoms with Gasteiger partial charge >= 0.3 is 12.0 Å². The summed E-state index contributed by atoms with van der Waals surface area (Å²) < 4.78 is 4.81. The van der Waals surface area contributed by atoms with E-state index in [9.17, 15) is 19.8 Å². The summed E-state index contributed by atoms with van der Waals surface area (Å²) in [5, 5.41) is 18.9. The number of aliphatic hydroxyl groups excluding tert-OH is 1. The van der Waals surface area contributed by atoms with E-state index in [1.165, 1.54) is 16.9 Å². The molecule has 1 aliphatic rings. The van der Waals surface area contributed by atoms with Crippen LogP contribution in [0.3, 0.4) is 0 Å². The molecule has 2 amide bonds. The van der Waals surface area contributed by atoms with E-state index >= 15 is 0 Å². The quantitative estimate of drug-likeness (QED) is 0.763. The summed E-state index contributed by atoms with van der Waals surface area (Å²) in [6.07, 6.45) is 2.27. The van der Waals surface area contributed by atoms with E-state index in [-0.39, 0.29) is 19.2 Å². The third kappa shape index (κ3) is 4.64. The zero-order valence-electron chi connectivity index (χ0n) is 12.1. The van der Waals surface area contributed by atoms with Crippen molar-refractivity contribution in [1.29, 1.82) is 0 Å². The van der Waals surface area contributed by atoms with E-state index in [4.69, 9.17) is 4.74 Å². The topological polar surface area (TPSA) is 90.3 Å². The summed E-state index contributed by atoms with van der Waals surface area (Å²) in [6.45, 7) is 0.704. The number of carboxylic acids is 1. The standard InChI is InChI=1S/C13H24N2O5/c1-14(8-10(16)9-20-2)13(19)15-7-5-3-4-6-11(15)12(17)18/h10-11,16H,3-9H2,1-2H3,(H,17,18). The van der Waals surface area contributed by atoms with Crippen LogP contribution >= 0.6 is 0 Å². The molecule has 0 radical (unpaired) electrons. The zero-order chi connectivity index (χ0) is 15.1. The van der Waals surface area contributed by atoms with Crippen LogP contribution in [0.1, 0.15) is 25.7 Å². The van der Waals surface area contributed by atoms with E-state index in [1.807, 2.05) is 0 Å². The Balaban J connectivity index is 2.68. The molecule has 0 aliphatic carbocycles. The number of hydrogen-bond donors (Lipinski definition) is 2. The Kier molecular flexibility index (Phi) is 6.74. The second-order valence-corrected chi connectivity index (χ2v) is 5.17. The molecule has 0 aromatic carbocycles. The van der Waals surface area contributed by atoms with E-state index in [0.717, 1.165) is 19.3 Å². The molecule has 1 heterocycles. The van der Waals surface area contributed by atoms with E-state index in [0.29, 0.717) is 13.0 Å². The maximum Gasteiger partial charge on any atom is 0.326 e. The summed E-state index contributed by atoms with van der Waals surface area (Å²) >= 11 is 0. The largest absolute Gasteiger partial charge is 0.480 e. The molecule has 20 heavy (non-hydrogen) atoms. The lowest BCUT2D eigenvalue weighted by Crippen LogP contribution is -2.51. The predicted octanol–water partition coefficient (Wildman–Crippen LogP) is 0.375. The fraction of sp³-hybridized carbons (Fsp3) is 0.846. The SMILES string of the molecule is COCC(O)CN(C)C(=O)N1CCCCCC1C(=O)O. The number of aliphatic hydroxyl groups is 1. The van der Waals surface area contributed by atoms with Gasteiger partial charge in [-0.3, -0.25) is 0 Å². The van der Waals surface area contributed by atoms with Crippen LogP contribution in [-0.2, 0) is 9.53 Å². The van der Waals surface area contributed by atoms with Crippen LogP contribution in [0.25, 0.3) is 0 Å². The van der Waals surface area contributed by atoms with Crippen molar-refractivity contribution >= 4 is 12.0 Å². The summed E-state index contributed by atoms with van der Waals surface area (Å²) in [5.74, 6) is -0.967. The predicted molar refractivity (Wildman–Crippen MR) is 72.5 cm³/mol. The van der Waals surface area contributed by atoms with Gasteiger partial charge in [0.2, 0.25) is 0 Å². The van der Waals surface area contributed by atoms with Gasteiger partial charge in [0.05, 0.1) is 19.3 Å². The van der Waals surface area contributed by atoms with Crippen LogP contribution in [0.5, 0.6) is 0 Å². The lowest BCUT2D eigenvalue weighted by molar-refractivity contribution is -0.142. The second-order valence-electron chi connectivity index (χ2n) is 5.17. The molecule has 1 saturated heterocycles. The molecule has 0 saturated carbocycles. The number of likely N-dealkylation sites (tertiary alicyclic amines) is 1. The van der Waals surface area contributed by atoms with E-state index in [1.54, 1.807) is 7.05 Å². The number of carbonyl (C=O) groups is 2. The van der Waals surface area contributed by atoms with Gasteiger partial charge in [-0.2, -0.15) is 0 Å². The van der Waals surface area contributed by atoms with Gasteiger partial charge in [-0.15, -0.1) is 0 Å². The van der Waals surface area contributed by atoms with Crippen molar-refractivity contribution in [2.24, 2.45) is 0 Å². The smallest absolute Gasteiger partial charge is 0.326 e. The zero-order valence-corrected chi connectivity index (χ0v) is 12.1. The maximum atomic E-state index is 12.3. The number of ether oxygens (including phenoxy) is 1. The van der Waals surface area contributed by atoms with Crippen LogP contribution in [-0.4, -0.2) is 78.0 Å². The number of amides is 2. The number of rotatable bonds is 5. The molecule has 0 bridgehead atoms. The second kappa shape index (κ2) is 8.06. The van der Waals surface area contributed by atoms with Gasteiger partial charge in [0.25, 0.3) is 0 Å². The minimum Gasteiger partial charge on any atom is -0.480 e. The first-order valence-corrected chi connectivity index (χ1v) is 6.89. The molecular weight excluding hydrogens is 264 g/mol. The molecule has 2 N–H and O–H groups in total. The molecule has 7 heteroatoms. The molecular formula is C13H24N2O5. The molecule has 116 valence electrons. The highest BCUT2D eigenvalue weighted by Gasteiger charge is 2.32. The third-order valence-corrected chi connectivity index (χ3v) is 3.45. The molecule has 1 aliphatic heterocycles. The van der Waals surface area contributed by atoms with Crippen molar-refractivity contribution in [2.45, 2.75) is 37.8 Å². The first-order chi connectivity index (χ1) is 9.47. The van der Waals surface area contributed by atoms with Crippen molar-refractivity contribution in [3.8, 4) is 0 Å². The van der Waals surface area contributed by atoms with Crippen LogP contribution in [0.15, 0.2) is 0 Å². The summed E-state index contributed by atoms with van der Waals surface area (Å²) in [5.41, 5.74) is 0. The van der Waals surface area contributed by atoms with E-state index in [2.05, 4.69) is 0 Å². The first kappa shape index (κ1) is 16.7. The molecule has 0 aromatic heterocycles. The fourth-order valence-corrected chi connectivity index (χ4v) is 2.45. The Morgan fingerprint density at radius 2 is 2.10 bits per heavy atom. The van der Waals surface area contributed by atoms with Gasteiger partial charge in [-0.25, -0.2) is 9.59 Å². The number of aliphatic carboxylic acids is 1. The average Bonchev–Trinajstić information content (AvgIpc) is 2.63. The number of hydrogen-bond acceptors (Lipinski definition) is 4. The number of urea groups is 1. The Labute approximate surface area is 119 Å². The highest BCUT2D eigenvalue weighted by atomic mass is 16.5. The lowest BCUT2D eigenvalue weighted by Gasteiger charge is -2.32. The van der Waals surface area contributed by atoms with Crippen molar-refractivity contribution in [1.82, 2.24) is 9.80 Å². The Morgan fingerprint density at radius 1 is 1.40 bits per heavy atom. The first-order valence-electron chi connectivity index (χ1n) is 6.89. The Bertz CT molecular complexity index is 337. The minimum atomic E-state index is -0.967. The van der Waals surface area contributed by atoms with Crippen LogP contribution in [0.4, 0.5) is 4.79 Å². The molecule has 7 nitrogen and oxygen atoms in total. The maximum absolute atomic E-state index is 12.3. The molecule has 0 spiro atoms. The van der Waals surface area contributed by atoms with Crippen molar-refractivity contribution < 1.29 is 24.5 Å². The highest BCUT2D eigenvalue weighted by molar-refractivity contribution is 5.82. The number of methoxy groups -OCH3 is 1. The normalized spacial score (nSPS) is 21.1. The number of likely N-dealkylation sites (N-methyl/N-ethyl adjacent to an activating group) is 1. The van der Waals surface area contributed by atoms with Crippen LogP contribution < -0.4 is 0 Å². The number of carbonyl (C=O) groups excluding carboxylic acids is 1. The summed E-state index contributed by atoms with van der Waals surface area (Å²) in [6, 6.07) is -1.12. The number of carboxylic acid groups (broad SMARTS) is 1. The van der Waals surface area contributed by atoms with Crippen molar-refractivity contribution in [2.75, 3.05) is 33.9 Å². The summed E-state index contributed by atoms with van der Waals surface area (Å²) in [4.78, 5) is 26.4. The van der Waals surface area contributed by atoms with Gasteiger partial charge < -0.3 is 24.7 Å². The van der Waals surface area contributed by atoms with Gasteiger partial charge in [-0.1, -0.05) is 12.8 Å². The Morgan fingerprint density at radius 3 is 2.70 bits per heavy atom. The van der Waals surface area contributed by atoms with Gasteiger partial charge in [0.15, 0.2) is 0 Å². The summed E-state index contributed by atoms with van der Waals surface area (Å²) in [7, 11) is 3.03. The molecule has 0 aromatic rings. The van der Waals surface area contributed by atoms with Crippen molar-refractivity contribution in [3.05, 3.63) is 0 Å². The van der Waals surface area contributed by atoms with Crippen LogP contribution in [0.2, 0.25) is 0 Å². The Hall–Kier alpha value is -1.34. The molecule has 2 atom stereocenters. The number of nitrogens with zero attached hydrogens (tertiary/aromatic N) is 2. The third-order valence-electron chi connectivity index (χ3n) is 3.45. The van der Waals surface area contributed by atoms with Gasteiger partial charge in [0, 0.05) is 20.7 Å². The lowest BCUT2D eigenvalue weighted by atomic mass is 10.1. The van der Waals surface area contributed by atoms with Gasteiger partial charge in [-0.05, 0) is 12.8 Å². The average molecular weight is 288 g/mol. The van der Waals surface area contributed by atoms with Crippen LogP contribution in [0, 0.1) is 0 Å². The van der Waals surface area contributed by atoms with Crippen molar-refractivity contribution in [3.63, 3.8) is 0 Å². The molecule has 1 fully saturated rings. The van der Waals surface area contributed by atoms with E-state index < -0.39 is 18.1 Å². The minimum absolute atomic E-state index is 0.121. The fourth-order valence-electron chi connectivity index (χ4n) is 2.45. The molecule has 1 rings (SSSR count). The highest BCUT2D eigenvalue weighted by Crippen LogP contribution is 2.18. The van der Waals surface area contributed by atoms with Gasteiger partial charge in [0.1, 0.15) is 6.04 Å².